The minimum absolute atomic E-state index is 0.0922. The van der Waals surface area contributed by atoms with E-state index in [0.717, 1.165) is 24.5 Å². The molecule has 0 bridgehead atoms. The van der Waals surface area contributed by atoms with Crippen LogP contribution in [0, 0.1) is 0 Å². The third kappa shape index (κ3) is 25.1. The molecular weight excluding hydrogens is 494 g/mol. The lowest BCUT2D eigenvalue weighted by Crippen LogP contribution is -2.14. The fourth-order valence-corrected chi connectivity index (χ4v) is 4.22. The number of hydrogen-bond donors (Lipinski definition) is 1. The van der Waals surface area contributed by atoms with Crippen molar-refractivity contribution >= 4 is 11.6 Å². The van der Waals surface area contributed by atoms with Crippen molar-refractivity contribution in [2.45, 2.75) is 104 Å². The highest BCUT2D eigenvalue weighted by atomic mass is 16.6. The quantitative estimate of drug-likeness (QED) is 0.104. The van der Waals surface area contributed by atoms with E-state index in [4.69, 9.17) is 23.7 Å². The number of ether oxygens (including phenoxy) is 5. The number of unbranched alkanes of at least 4 members (excludes halogenated alkanes) is 13. The van der Waals surface area contributed by atoms with Gasteiger partial charge in [0.25, 0.3) is 0 Å². The third-order valence-electron chi connectivity index (χ3n) is 6.43. The summed E-state index contributed by atoms with van der Waals surface area (Å²) in [5.74, 6) is 0.648. The molecule has 0 aliphatic rings. The van der Waals surface area contributed by atoms with E-state index in [1.54, 1.807) is 12.1 Å². The molecule has 1 rings (SSSR count). The summed E-state index contributed by atoms with van der Waals surface area (Å²) in [4.78, 5) is 11.0. The summed E-state index contributed by atoms with van der Waals surface area (Å²) in [5, 5.41) is 2.72. The Kier molecular flexibility index (Phi) is 25.3. The first-order chi connectivity index (χ1) is 19.2. The van der Waals surface area contributed by atoms with E-state index in [0.29, 0.717) is 52.9 Å². The van der Waals surface area contributed by atoms with Crippen molar-refractivity contribution < 1.29 is 28.5 Å². The van der Waals surface area contributed by atoms with Crippen LogP contribution < -0.4 is 10.1 Å². The summed E-state index contributed by atoms with van der Waals surface area (Å²) < 4.78 is 27.8. The second kappa shape index (κ2) is 27.9. The van der Waals surface area contributed by atoms with E-state index in [1.165, 1.54) is 90.4 Å². The summed E-state index contributed by atoms with van der Waals surface area (Å²) in [7, 11) is 0. The number of hydrogen-bond acceptors (Lipinski definition) is 6. The van der Waals surface area contributed by atoms with Crippen LogP contribution in [0.25, 0.3) is 0 Å². The highest BCUT2D eigenvalue weighted by molar-refractivity contribution is 5.88. The molecule has 0 spiro atoms. The largest absolute Gasteiger partial charge is 0.491 e. The summed E-state index contributed by atoms with van der Waals surface area (Å²) in [6.45, 7) is 8.99. The number of carbonyl (C=O) groups is 1. The van der Waals surface area contributed by atoms with Gasteiger partial charge in [-0.1, -0.05) is 90.4 Å². The Bertz CT molecular complexity index is 655. The molecule has 7 heteroatoms. The number of nitrogens with one attached hydrogen (secondary N) is 1. The van der Waals surface area contributed by atoms with Gasteiger partial charge in [-0.15, -0.1) is 0 Å². The molecular formula is C32H57NO6. The van der Waals surface area contributed by atoms with Gasteiger partial charge in [-0.25, -0.2) is 0 Å². The SMILES string of the molecule is CCCCCCCCCCCCCCCCOCCOCCOCCOCCOc1ccc(NC(C)=O)cc1. The highest BCUT2D eigenvalue weighted by Crippen LogP contribution is 2.15. The summed E-state index contributed by atoms with van der Waals surface area (Å²) >= 11 is 0. The van der Waals surface area contributed by atoms with Gasteiger partial charge in [0.2, 0.25) is 5.91 Å². The number of benzene rings is 1. The lowest BCUT2D eigenvalue weighted by atomic mass is 10.0. The first-order valence-corrected chi connectivity index (χ1v) is 15.5. The summed E-state index contributed by atoms with van der Waals surface area (Å²) in [6.07, 6.45) is 19.3. The Hall–Kier alpha value is -1.67. The average Bonchev–Trinajstić information content (AvgIpc) is 2.93. The molecule has 1 aromatic carbocycles. The van der Waals surface area contributed by atoms with Gasteiger partial charge in [-0.05, 0) is 30.7 Å². The van der Waals surface area contributed by atoms with Gasteiger partial charge in [0.15, 0.2) is 0 Å². The zero-order chi connectivity index (χ0) is 28.1. The minimum atomic E-state index is -0.0922. The lowest BCUT2D eigenvalue weighted by molar-refractivity contribution is -0.114. The molecule has 0 saturated carbocycles. The Balaban J connectivity index is 1.70. The van der Waals surface area contributed by atoms with Crippen LogP contribution >= 0.6 is 0 Å². The van der Waals surface area contributed by atoms with Crippen molar-refractivity contribution in [1.29, 1.82) is 0 Å². The zero-order valence-electron chi connectivity index (χ0n) is 25.0. The molecule has 0 atom stereocenters. The molecule has 0 radical (unpaired) electrons. The van der Waals surface area contributed by atoms with Crippen LogP contribution in [0.5, 0.6) is 5.75 Å². The normalized spacial score (nSPS) is 11.1. The molecule has 0 saturated heterocycles. The van der Waals surface area contributed by atoms with Crippen LogP contribution in [-0.4, -0.2) is 65.4 Å². The Morgan fingerprint density at radius 2 is 0.923 bits per heavy atom. The number of rotatable bonds is 29. The van der Waals surface area contributed by atoms with Crippen molar-refractivity contribution in [3.05, 3.63) is 24.3 Å². The smallest absolute Gasteiger partial charge is 0.221 e. The molecule has 226 valence electrons. The lowest BCUT2D eigenvalue weighted by Gasteiger charge is -2.09. The summed E-state index contributed by atoms with van der Waals surface area (Å²) in [6, 6.07) is 7.25. The van der Waals surface area contributed by atoms with E-state index >= 15 is 0 Å². The number of anilines is 1. The van der Waals surface area contributed by atoms with E-state index in [1.807, 2.05) is 12.1 Å². The van der Waals surface area contributed by atoms with Crippen molar-refractivity contribution in [3.63, 3.8) is 0 Å². The molecule has 0 aliphatic carbocycles. The van der Waals surface area contributed by atoms with Gasteiger partial charge in [-0.3, -0.25) is 4.79 Å². The van der Waals surface area contributed by atoms with E-state index < -0.39 is 0 Å². The van der Waals surface area contributed by atoms with Crippen LogP contribution in [0.4, 0.5) is 5.69 Å². The molecule has 0 unspecified atom stereocenters. The van der Waals surface area contributed by atoms with Crippen LogP contribution in [0.3, 0.4) is 0 Å². The van der Waals surface area contributed by atoms with E-state index in [9.17, 15) is 4.79 Å². The van der Waals surface area contributed by atoms with E-state index in [-0.39, 0.29) is 5.91 Å². The van der Waals surface area contributed by atoms with Crippen molar-refractivity contribution in [1.82, 2.24) is 0 Å². The maximum Gasteiger partial charge on any atom is 0.221 e. The first kappa shape index (κ1) is 35.4. The van der Waals surface area contributed by atoms with Crippen molar-refractivity contribution in [2.75, 3.05) is 64.8 Å². The van der Waals surface area contributed by atoms with Crippen LogP contribution in [0.15, 0.2) is 24.3 Å². The average molecular weight is 552 g/mol. The van der Waals surface area contributed by atoms with Gasteiger partial charge in [0, 0.05) is 19.2 Å². The molecule has 1 aromatic rings. The van der Waals surface area contributed by atoms with Gasteiger partial charge < -0.3 is 29.0 Å². The topological polar surface area (TPSA) is 75.2 Å². The predicted molar refractivity (Wildman–Crippen MR) is 160 cm³/mol. The van der Waals surface area contributed by atoms with E-state index in [2.05, 4.69) is 12.2 Å². The Morgan fingerprint density at radius 1 is 0.538 bits per heavy atom. The third-order valence-corrected chi connectivity index (χ3v) is 6.43. The zero-order valence-corrected chi connectivity index (χ0v) is 25.0. The Morgan fingerprint density at radius 3 is 1.36 bits per heavy atom. The van der Waals surface area contributed by atoms with Gasteiger partial charge >= 0.3 is 0 Å². The monoisotopic (exact) mass is 551 g/mol. The summed E-state index contributed by atoms with van der Waals surface area (Å²) in [5.41, 5.74) is 0.750. The molecule has 39 heavy (non-hydrogen) atoms. The maximum atomic E-state index is 11.0. The van der Waals surface area contributed by atoms with Crippen LogP contribution in [0.1, 0.15) is 104 Å². The first-order valence-electron chi connectivity index (χ1n) is 15.5. The second-order valence-corrected chi connectivity index (χ2v) is 10.1. The minimum Gasteiger partial charge on any atom is -0.491 e. The van der Waals surface area contributed by atoms with Crippen molar-refractivity contribution in [2.24, 2.45) is 0 Å². The van der Waals surface area contributed by atoms with Crippen LogP contribution in [-0.2, 0) is 23.7 Å². The number of amides is 1. The molecule has 1 amide bonds. The predicted octanol–water partition coefficient (Wildman–Crippen LogP) is 7.57. The highest BCUT2D eigenvalue weighted by Gasteiger charge is 1.99. The molecule has 1 N–H and O–H groups in total. The van der Waals surface area contributed by atoms with Gasteiger partial charge in [-0.2, -0.15) is 0 Å². The molecule has 0 aromatic heterocycles. The molecule has 0 aliphatic heterocycles. The fraction of sp³-hybridized carbons (Fsp3) is 0.781. The number of carbonyl (C=O) groups excluding carboxylic acids is 1. The maximum absolute atomic E-state index is 11.0. The fourth-order valence-electron chi connectivity index (χ4n) is 4.22. The second-order valence-electron chi connectivity index (χ2n) is 10.1. The molecule has 0 fully saturated rings. The standard InChI is InChI=1S/C32H57NO6/c1-3-4-5-6-7-8-9-10-11-12-13-14-15-16-21-35-22-23-36-24-25-37-26-27-38-28-29-39-32-19-17-31(18-20-32)33-30(2)34/h17-20H,3-16,21-29H2,1-2H3,(H,33,34). The Labute approximate surface area is 238 Å². The van der Waals surface area contributed by atoms with Gasteiger partial charge in [0.1, 0.15) is 12.4 Å². The van der Waals surface area contributed by atoms with Gasteiger partial charge in [0.05, 0.1) is 46.2 Å². The van der Waals surface area contributed by atoms with Crippen LogP contribution in [0.2, 0.25) is 0 Å². The molecule has 7 nitrogen and oxygen atoms in total. The molecule has 0 heterocycles. The van der Waals surface area contributed by atoms with Crippen molar-refractivity contribution in [3.8, 4) is 5.75 Å².